The summed E-state index contributed by atoms with van der Waals surface area (Å²) in [6.07, 6.45) is 1.88. The van der Waals surface area contributed by atoms with E-state index in [-0.39, 0.29) is 0 Å². The van der Waals surface area contributed by atoms with E-state index >= 15 is 0 Å². The fraction of sp³-hybridized carbons (Fsp3) is 0.286. The molecule has 1 heterocycles. The third-order valence-electron chi connectivity index (χ3n) is 2.81. The van der Waals surface area contributed by atoms with Gasteiger partial charge in [-0.2, -0.15) is 0 Å². The molecule has 0 aliphatic carbocycles. The number of hydrogen-bond acceptors (Lipinski definition) is 3. The van der Waals surface area contributed by atoms with Gasteiger partial charge in [-0.1, -0.05) is 22.9 Å². The molecular formula is C14H16BrNO2. The number of nitrogens with one attached hydrogen (secondary N) is 1. The molecule has 0 spiro atoms. The Bertz CT molecular complexity index is 497. The topological polar surface area (TPSA) is 45.4 Å². The first-order chi connectivity index (χ1) is 8.70. The van der Waals surface area contributed by atoms with Crippen LogP contribution >= 0.6 is 15.9 Å². The zero-order chi connectivity index (χ0) is 13.0. The summed E-state index contributed by atoms with van der Waals surface area (Å²) < 4.78 is 6.23. The van der Waals surface area contributed by atoms with Gasteiger partial charge in [-0.25, -0.2) is 0 Å². The number of anilines is 1. The van der Waals surface area contributed by atoms with Crippen LogP contribution in [0.3, 0.4) is 0 Å². The van der Waals surface area contributed by atoms with E-state index in [0.717, 1.165) is 16.6 Å². The van der Waals surface area contributed by atoms with Gasteiger partial charge in [0.15, 0.2) is 0 Å². The number of aryl methyl sites for hydroxylation is 1. The summed E-state index contributed by atoms with van der Waals surface area (Å²) in [5.74, 6) is 0.581. The van der Waals surface area contributed by atoms with Crippen molar-refractivity contribution < 1.29 is 9.52 Å². The van der Waals surface area contributed by atoms with Crippen LogP contribution in [0, 0.1) is 0 Å². The van der Waals surface area contributed by atoms with Gasteiger partial charge in [0.05, 0.1) is 6.26 Å². The monoisotopic (exact) mass is 309 g/mol. The minimum atomic E-state index is -0.631. The number of rotatable bonds is 5. The first-order valence-electron chi connectivity index (χ1n) is 5.94. The lowest BCUT2D eigenvalue weighted by atomic mass is 10.1. The molecule has 3 nitrogen and oxygen atoms in total. The maximum Gasteiger partial charge on any atom is 0.134 e. The molecule has 1 atom stereocenters. The zero-order valence-corrected chi connectivity index (χ0v) is 11.8. The Balaban J connectivity index is 2.02. The van der Waals surface area contributed by atoms with Crippen molar-refractivity contribution in [2.24, 2.45) is 0 Å². The molecule has 2 N–H and O–H groups in total. The van der Waals surface area contributed by atoms with Crippen LogP contribution in [-0.2, 0) is 6.42 Å². The van der Waals surface area contributed by atoms with E-state index in [2.05, 4.69) is 34.2 Å². The Morgan fingerprint density at radius 3 is 2.89 bits per heavy atom. The fourth-order valence-corrected chi connectivity index (χ4v) is 2.22. The van der Waals surface area contributed by atoms with Crippen LogP contribution in [-0.4, -0.2) is 11.7 Å². The summed E-state index contributed by atoms with van der Waals surface area (Å²) >= 11 is 3.46. The Kier molecular flexibility index (Phi) is 4.44. The number of halogens is 1. The molecule has 1 aromatic heterocycles. The molecule has 0 amide bonds. The van der Waals surface area contributed by atoms with Crippen molar-refractivity contribution in [1.29, 1.82) is 0 Å². The molecule has 0 fully saturated rings. The second-order valence-corrected chi connectivity index (χ2v) is 4.98. The lowest BCUT2D eigenvalue weighted by Gasteiger charge is -2.14. The van der Waals surface area contributed by atoms with Crippen LogP contribution < -0.4 is 5.32 Å². The Morgan fingerprint density at radius 2 is 2.22 bits per heavy atom. The van der Waals surface area contributed by atoms with Crippen LogP contribution in [0.1, 0.15) is 24.4 Å². The number of hydrogen-bond donors (Lipinski definition) is 2. The second-order valence-electron chi connectivity index (χ2n) is 4.07. The largest absolute Gasteiger partial charge is 0.467 e. The first-order valence-corrected chi connectivity index (χ1v) is 6.73. The maximum atomic E-state index is 9.92. The molecule has 2 aromatic rings. The Hall–Kier alpha value is -1.26. The SMILES string of the molecule is CCc1cc(Br)ccc1NCC(O)c1ccco1. The highest BCUT2D eigenvalue weighted by molar-refractivity contribution is 9.10. The molecule has 18 heavy (non-hydrogen) atoms. The minimum Gasteiger partial charge on any atom is -0.467 e. The average Bonchev–Trinajstić information content (AvgIpc) is 2.90. The molecule has 0 saturated heterocycles. The van der Waals surface area contributed by atoms with Crippen molar-refractivity contribution in [3.05, 3.63) is 52.4 Å². The predicted molar refractivity (Wildman–Crippen MR) is 75.7 cm³/mol. The standard InChI is InChI=1S/C14H16BrNO2/c1-2-10-8-11(15)5-6-12(10)16-9-13(17)14-4-3-7-18-14/h3-8,13,16-17H,2,9H2,1H3. The van der Waals surface area contributed by atoms with Crippen LogP contribution in [0.2, 0.25) is 0 Å². The molecule has 4 heteroatoms. The van der Waals surface area contributed by atoms with Gasteiger partial charge in [-0.15, -0.1) is 0 Å². The van der Waals surface area contributed by atoms with E-state index < -0.39 is 6.10 Å². The maximum absolute atomic E-state index is 9.92. The third kappa shape index (κ3) is 3.15. The van der Waals surface area contributed by atoms with Gasteiger partial charge in [0, 0.05) is 16.7 Å². The van der Waals surface area contributed by atoms with Gasteiger partial charge in [-0.3, -0.25) is 0 Å². The van der Waals surface area contributed by atoms with E-state index in [1.165, 1.54) is 5.56 Å². The van der Waals surface area contributed by atoms with Crippen molar-refractivity contribution in [3.63, 3.8) is 0 Å². The molecule has 0 aliphatic rings. The van der Waals surface area contributed by atoms with Gasteiger partial charge in [0.2, 0.25) is 0 Å². The van der Waals surface area contributed by atoms with Gasteiger partial charge in [0.1, 0.15) is 11.9 Å². The van der Waals surface area contributed by atoms with E-state index in [1.807, 2.05) is 12.1 Å². The molecule has 2 rings (SSSR count). The van der Waals surface area contributed by atoms with E-state index in [0.29, 0.717) is 12.3 Å². The summed E-state index contributed by atoms with van der Waals surface area (Å²) in [7, 11) is 0. The molecule has 0 aliphatic heterocycles. The lowest BCUT2D eigenvalue weighted by Crippen LogP contribution is -2.12. The van der Waals surface area contributed by atoms with Gasteiger partial charge < -0.3 is 14.8 Å². The van der Waals surface area contributed by atoms with Crippen LogP contribution in [0.15, 0.2) is 45.5 Å². The van der Waals surface area contributed by atoms with E-state index in [4.69, 9.17) is 4.42 Å². The van der Waals surface area contributed by atoms with Gasteiger partial charge in [-0.05, 0) is 42.3 Å². The second kappa shape index (κ2) is 6.07. The lowest BCUT2D eigenvalue weighted by molar-refractivity contribution is 0.162. The fourth-order valence-electron chi connectivity index (χ4n) is 1.82. The molecule has 0 saturated carbocycles. The van der Waals surface area contributed by atoms with Crippen LogP contribution in [0.4, 0.5) is 5.69 Å². The molecule has 0 radical (unpaired) electrons. The van der Waals surface area contributed by atoms with Crippen molar-refractivity contribution in [1.82, 2.24) is 0 Å². The summed E-state index contributed by atoms with van der Waals surface area (Å²) in [6, 6.07) is 9.63. The van der Waals surface area contributed by atoms with Crippen molar-refractivity contribution >= 4 is 21.6 Å². The van der Waals surface area contributed by atoms with Crippen molar-refractivity contribution in [2.45, 2.75) is 19.4 Å². The number of furan rings is 1. The highest BCUT2D eigenvalue weighted by Crippen LogP contribution is 2.22. The van der Waals surface area contributed by atoms with E-state index in [1.54, 1.807) is 18.4 Å². The quantitative estimate of drug-likeness (QED) is 0.884. The first kappa shape index (κ1) is 13.2. The molecule has 1 aromatic carbocycles. The number of aliphatic hydroxyl groups excluding tert-OH is 1. The Labute approximate surface area is 115 Å². The predicted octanol–water partition coefficient (Wildman–Crippen LogP) is 3.75. The van der Waals surface area contributed by atoms with Gasteiger partial charge >= 0.3 is 0 Å². The van der Waals surface area contributed by atoms with Crippen molar-refractivity contribution in [2.75, 3.05) is 11.9 Å². The zero-order valence-electron chi connectivity index (χ0n) is 10.2. The average molecular weight is 310 g/mol. The normalized spacial score (nSPS) is 12.4. The Morgan fingerprint density at radius 1 is 1.39 bits per heavy atom. The number of benzene rings is 1. The third-order valence-corrected chi connectivity index (χ3v) is 3.30. The molecule has 0 bridgehead atoms. The van der Waals surface area contributed by atoms with Crippen LogP contribution in [0.5, 0.6) is 0 Å². The minimum absolute atomic E-state index is 0.433. The summed E-state index contributed by atoms with van der Waals surface area (Å²) in [4.78, 5) is 0. The highest BCUT2D eigenvalue weighted by atomic mass is 79.9. The summed E-state index contributed by atoms with van der Waals surface area (Å²) in [5, 5.41) is 13.2. The number of aliphatic hydroxyl groups is 1. The molecule has 96 valence electrons. The van der Waals surface area contributed by atoms with Crippen LogP contribution in [0.25, 0.3) is 0 Å². The highest BCUT2D eigenvalue weighted by Gasteiger charge is 2.10. The van der Waals surface area contributed by atoms with Gasteiger partial charge in [0.25, 0.3) is 0 Å². The molecule has 1 unspecified atom stereocenters. The summed E-state index contributed by atoms with van der Waals surface area (Å²) in [5.41, 5.74) is 2.27. The van der Waals surface area contributed by atoms with E-state index in [9.17, 15) is 5.11 Å². The smallest absolute Gasteiger partial charge is 0.134 e. The molecular weight excluding hydrogens is 294 g/mol. The van der Waals surface area contributed by atoms with Crippen molar-refractivity contribution in [3.8, 4) is 0 Å². The summed E-state index contributed by atoms with van der Waals surface area (Å²) in [6.45, 7) is 2.54.